The van der Waals surface area contributed by atoms with Gasteiger partial charge in [-0.25, -0.2) is 14.1 Å². The average molecular weight is 461 g/mol. The third-order valence-electron chi connectivity index (χ3n) is 6.08. The van der Waals surface area contributed by atoms with Crippen LogP contribution in [0.4, 0.5) is 21.7 Å². The Labute approximate surface area is 195 Å². The van der Waals surface area contributed by atoms with E-state index in [0.29, 0.717) is 5.69 Å². The van der Waals surface area contributed by atoms with Crippen molar-refractivity contribution < 1.29 is 9.18 Å². The Morgan fingerprint density at radius 3 is 2.76 bits per heavy atom. The molecule has 0 unspecified atom stereocenters. The van der Waals surface area contributed by atoms with E-state index in [9.17, 15) is 9.18 Å². The maximum Gasteiger partial charge on any atom is 0.252 e. The smallest absolute Gasteiger partial charge is 0.252 e. The Hall–Kier alpha value is -4.05. The van der Waals surface area contributed by atoms with Crippen LogP contribution in [0.15, 0.2) is 55.0 Å². The molecule has 1 saturated carbocycles. The summed E-state index contributed by atoms with van der Waals surface area (Å²) in [4.78, 5) is 20.9. The van der Waals surface area contributed by atoms with Gasteiger partial charge in [-0.15, -0.1) is 0 Å². The number of aromatic nitrogens is 4. The van der Waals surface area contributed by atoms with E-state index in [4.69, 9.17) is 11.5 Å². The number of hydrogen-bond acceptors (Lipinski definition) is 7. The van der Waals surface area contributed by atoms with E-state index < -0.39 is 11.7 Å². The molecule has 5 rings (SSSR count). The van der Waals surface area contributed by atoms with Crippen molar-refractivity contribution >= 4 is 34.1 Å². The van der Waals surface area contributed by atoms with Crippen molar-refractivity contribution in [3.8, 4) is 5.69 Å². The van der Waals surface area contributed by atoms with Gasteiger partial charge in [0.25, 0.3) is 5.91 Å². The molecule has 10 heteroatoms. The Bertz CT molecular complexity index is 1340. The summed E-state index contributed by atoms with van der Waals surface area (Å²) >= 11 is 0. The van der Waals surface area contributed by atoms with Gasteiger partial charge in [-0.05, 0) is 43.2 Å². The normalized spacial score (nSPS) is 18.1. The Morgan fingerprint density at radius 2 is 2.00 bits per heavy atom. The maximum absolute atomic E-state index is 14.8. The molecule has 0 saturated heterocycles. The van der Waals surface area contributed by atoms with Crippen molar-refractivity contribution in [1.29, 1.82) is 0 Å². The molecule has 0 aliphatic heterocycles. The first-order valence-electron chi connectivity index (χ1n) is 11.2. The van der Waals surface area contributed by atoms with E-state index in [-0.39, 0.29) is 29.3 Å². The second-order valence-electron chi connectivity index (χ2n) is 8.45. The zero-order chi connectivity index (χ0) is 23.7. The van der Waals surface area contributed by atoms with Crippen molar-refractivity contribution in [3.63, 3.8) is 0 Å². The van der Waals surface area contributed by atoms with Gasteiger partial charge in [0, 0.05) is 29.9 Å². The van der Waals surface area contributed by atoms with E-state index in [1.807, 2.05) is 36.5 Å². The number of halogens is 1. The van der Waals surface area contributed by atoms with Gasteiger partial charge in [0.05, 0.1) is 28.7 Å². The maximum atomic E-state index is 14.8. The van der Waals surface area contributed by atoms with Crippen molar-refractivity contribution in [2.24, 2.45) is 11.5 Å². The number of nitrogens with zero attached hydrogens (tertiary/aromatic N) is 4. The van der Waals surface area contributed by atoms with Crippen molar-refractivity contribution in [3.05, 3.63) is 66.4 Å². The number of primary amides is 1. The van der Waals surface area contributed by atoms with Crippen LogP contribution in [0.5, 0.6) is 0 Å². The van der Waals surface area contributed by atoms with E-state index in [1.165, 1.54) is 0 Å². The zero-order valence-electron chi connectivity index (χ0n) is 18.4. The number of fused-ring (bicyclic) bond motifs is 1. The molecule has 4 aromatic rings. The van der Waals surface area contributed by atoms with Gasteiger partial charge in [-0.1, -0.05) is 18.9 Å². The summed E-state index contributed by atoms with van der Waals surface area (Å²) in [5, 5.41) is 11.3. The molecule has 1 fully saturated rings. The molecular formula is C24H25FN8O. The van der Waals surface area contributed by atoms with Gasteiger partial charge in [0.1, 0.15) is 5.82 Å². The van der Waals surface area contributed by atoms with Crippen LogP contribution in [0, 0.1) is 5.82 Å². The molecule has 2 atom stereocenters. The van der Waals surface area contributed by atoms with Gasteiger partial charge in [0.2, 0.25) is 0 Å². The summed E-state index contributed by atoms with van der Waals surface area (Å²) in [6, 6.07) is 10.4. The second-order valence-corrected chi connectivity index (χ2v) is 8.45. The lowest BCUT2D eigenvalue weighted by Crippen LogP contribution is -2.43. The van der Waals surface area contributed by atoms with Crippen LogP contribution in [-0.4, -0.2) is 37.7 Å². The van der Waals surface area contributed by atoms with Crippen LogP contribution in [-0.2, 0) is 0 Å². The van der Waals surface area contributed by atoms with Gasteiger partial charge in [-0.2, -0.15) is 5.10 Å². The molecule has 0 spiro atoms. The highest BCUT2D eigenvalue weighted by molar-refractivity contribution is 5.99. The van der Waals surface area contributed by atoms with Crippen LogP contribution in [0.3, 0.4) is 0 Å². The van der Waals surface area contributed by atoms with E-state index in [1.54, 1.807) is 17.1 Å². The molecule has 174 valence electrons. The predicted octanol–water partition coefficient (Wildman–Crippen LogP) is 3.48. The number of rotatable bonds is 6. The molecule has 0 bridgehead atoms. The Balaban J connectivity index is 1.45. The summed E-state index contributed by atoms with van der Waals surface area (Å²) in [7, 11) is 0. The van der Waals surface area contributed by atoms with Crippen LogP contribution in [0.2, 0.25) is 0 Å². The van der Waals surface area contributed by atoms with Crippen molar-refractivity contribution in [2.75, 3.05) is 10.6 Å². The minimum atomic E-state index is -0.785. The van der Waals surface area contributed by atoms with Crippen LogP contribution in [0.1, 0.15) is 36.0 Å². The molecule has 1 amide bonds. The zero-order valence-corrected chi connectivity index (χ0v) is 18.4. The highest BCUT2D eigenvalue weighted by atomic mass is 19.1. The number of anilines is 3. The number of benzene rings is 1. The molecule has 3 aromatic heterocycles. The van der Waals surface area contributed by atoms with Gasteiger partial charge < -0.3 is 22.1 Å². The Kier molecular flexibility index (Phi) is 5.81. The van der Waals surface area contributed by atoms with Crippen LogP contribution < -0.4 is 22.1 Å². The number of nitrogens with two attached hydrogens (primary N) is 2. The summed E-state index contributed by atoms with van der Waals surface area (Å²) in [5.74, 6) is -1.25. The Morgan fingerprint density at radius 1 is 1.15 bits per heavy atom. The molecule has 0 radical (unpaired) electrons. The molecule has 6 N–H and O–H groups in total. The fourth-order valence-corrected chi connectivity index (χ4v) is 4.27. The van der Waals surface area contributed by atoms with Crippen LogP contribution >= 0.6 is 0 Å². The number of hydrogen-bond donors (Lipinski definition) is 4. The van der Waals surface area contributed by atoms with Gasteiger partial charge >= 0.3 is 0 Å². The monoisotopic (exact) mass is 460 g/mol. The summed E-state index contributed by atoms with van der Waals surface area (Å²) in [5.41, 5.74) is 13.9. The number of carbonyl (C=O) groups excluding carboxylic acids is 1. The first kappa shape index (κ1) is 21.8. The predicted molar refractivity (Wildman–Crippen MR) is 129 cm³/mol. The minimum absolute atomic E-state index is 0.0347. The molecule has 1 aromatic carbocycles. The third kappa shape index (κ3) is 4.40. The lowest BCUT2D eigenvalue weighted by atomic mass is 9.91. The fraction of sp³-hybridized carbons (Fsp3) is 0.250. The lowest BCUT2D eigenvalue weighted by Gasteiger charge is -2.30. The molecular weight excluding hydrogens is 435 g/mol. The van der Waals surface area contributed by atoms with E-state index in [2.05, 4.69) is 25.7 Å². The van der Waals surface area contributed by atoms with Crippen molar-refractivity contribution in [2.45, 2.75) is 37.8 Å². The average Bonchev–Trinajstić information content (AvgIpc) is 3.37. The van der Waals surface area contributed by atoms with Crippen molar-refractivity contribution in [1.82, 2.24) is 19.7 Å². The van der Waals surface area contributed by atoms with Gasteiger partial charge in [-0.3, -0.25) is 9.78 Å². The van der Waals surface area contributed by atoms with Gasteiger partial charge in [0.15, 0.2) is 11.6 Å². The second kappa shape index (κ2) is 9.06. The highest BCUT2D eigenvalue weighted by Gasteiger charge is 2.24. The molecule has 3 heterocycles. The number of carbonyl (C=O) groups is 1. The number of amides is 1. The van der Waals surface area contributed by atoms with E-state index in [0.717, 1.165) is 48.3 Å². The quantitative estimate of drug-likeness (QED) is 0.346. The van der Waals surface area contributed by atoms with Crippen LogP contribution in [0.25, 0.3) is 16.6 Å². The topological polar surface area (TPSA) is 137 Å². The summed E-state index contributed by atoms with van der Waals surface area (Å²) in [6.45, 7) is 0. The number of nitrogens with one attached hydrogen (secondary N) is 2. The number of pyridine rings is 2. The largest absolute Gasteiger partial charge is 0.365 e. The summed E-state index contributed by atoms with van der Waals surface area (Å²) < 4.78 is 16.5. The fourth-order valence-electron chi connectivity index (χ4n) is 4.27. The molecule has 34 heavy (non-hydrogen) atoms. The standard InChI is InChI=1S/C24H25FN8O/c25-18-12-17(22(27)34)23(32-24(18)31-20-5-2-1-4-19(20)26)30-15-10-14-6-7-16(11-21(14)28-13-15)33-9-3-8-29-33/h3,6-13,19-20H,1-2,4-5,26H2,(H2,27,34)(H2,30,31,32)/t19-,20+/m0/s1. The SMILES string of the molecule is NC(=O)c1cc(F)c(N[C@@H]2CCCC[C@@H]2N)nc1Nc1cnc2cc(-n3cccn3)ccc2c1. The highest BCUT2D eigenvalue weighted by Crippen LogP contribution is 2.28. The lowest BCUT2D eigenvalue weighted by molar-refractivity contribution is 0.100. The molecule has 1 aliphatic rings. The third-order valence-corrected chi connectivity index (χ3v) is 6.08. The van der Waals surface area contributed by atoms with E-state index >= 15 is 0 Å². The molecule has 9 nitrogen and oxygen atoms in total. The minimum Gasteiger partial charge on any atom is -0.365 e. The molecule has 1 aliphatic carbocycles. The summed E-state index contributed by atoms with van der Waals surface area (Å²) in [6.07, 6.45) is 8.96. The first-order valence-corrected chi connectivity index (χ1v) is 11.2. The first-order chi connectivity index (χ1) is 16.5.